The molecule has 0 unspecified atom stereocenters. The Morgan fingerprint density at radius 1 is 1.38 bits per heavy atom. The number of hydrogen-bond donors (Lipinski definition) is 2. The van der Waals surface area contributed by atoms with Crippen molar-refractivity contribution in [2.75, 3.05) is 27.2 Å². The van der Waals surface area contributed by atoms with Crippen molar-refractivity contribution in [3.63, 3.8) is 0 Å². The predicted molar refractivity (Wildman–Crippen MR) is 64.9 cm³/mol. The minimum absolute atomic E-state index is 0.131. The van der Waals surface area contributed by atoms with Crippen LogP contribution in [0.4, 0.5) is 0 Å². The van der Waals surface area contributed by atoms with Crippen LogP contribution in [0.25, 0.3) is 0 Å². The average Bonchev–Trinajstić information content (AvgIpc) is 2.28. The number of nitrogens with zero attached hydrogens (tertiary/aromatic N) is 1. The van der Waals surface area contributed by atoms with Crippen LogP contribution < -0.4 is 11.1 Å². The van der Waals surface area contributed by atoms with Crippen LogP contribution in [0.1, 0.15) is 11.6 Å². The fourth-order valence-electron chi connectivity index (χ4n) is 1.32. The van der Waals surface area contributed by atoms with Gasteiger partial charge in [-0.05, 0) is 19.7 Å². The quantitative estimate of drug-likeness (QED) is 0.755. The molecular weight excluding hydrogens is 202 g/mol. The first kappa shape index (κ1) is 12.7. The van der Waals surface area contributed by atoms with E-state index in [0.717, 1.165) is 12.1 Å². The van der Waals surface area contributed by atoms with E-state index >= 15 is 0 Å². The van der Waals surface area contributed by atoms with Gasteiger partial charge in [0.05, 0.1) is 0 Å². The second-order valence-electron chi connectivity index (χ2n) is 3.98. The first-order valence-corrected chi connectivity index (χ1v) is 5.34. The van der Waals surface area contributed by atoms with E-state index in [4.69, 9.17) is 5.73 Å². The maximum atomic E-state index is 11.7. The van der Waals surface area contributed by atoms with Crippen molar-refractivity contribution in [1.82, 2.24) is 10.2 Å². The van der Waals surface area contributed by atoms with E-state index in [1.165, 1.54) is 0 Å². The molecule has 0 saturated heterocycles. The van der Waals surface area contributed by atoms with Crippen LogP contribution in [0, 0.1) is 0 Å². The van der Waals surface area contributed by atoms with Gasteiger partial charge in [0.25, 0.3) is 0 Å². The lowest BCUT2D eigenvalue weighted by Crippen LogP contribution is -2.37. The summed E-state index contributed by atoms with van der Waals surface area (Å²) in [5, 5.41) is 2.81. The summed E-state index contributed by atoms with van der Waals surface area (Å²) in [5.74, 6) is -0.131. The number of hydrogen-bond acceptors (Lipinski definition) is 3. The third kappa shape index (κ3) is 4.00. The van der Waals surface area contributed by atoms with Gasteiger partial charge in [0.15, 0.2) is 0 Å². The molecule has 1 aromatic rings. The number of nitrogens with one attached hydrogen (secondary N) is 1. The van der Waals surface area contributed by atoms with Gasteiger partial charge in [0, 0.05) is 13.1 Å². The number of nitrogens with two attached hydrogens (primary N) is 1. The number of carbonyl (C=O) groups is 1. The molecule has 4 nitrogen and oxygen atoms in total. The molecule has 1 aromatic carbocycles. The van der Waals surface area contributed by atoms with Crippen molar-refractivity contribution in [2.24, 2.45) is 5.73 Å². The average molecular weight is 221 g/mol. The van der Waals surface area contributed by atoms with Gasteiger partial charge < -0.3 is 16.0 Å². The maximum Gasteiger partial charge on any atom is 0.241 e. The van der Waals surface area contributed by atoms with E-state index < -0.39 is 6.04 Å². The van der Waals surface area contributed by atoms with Crippen LogP contribution in [-0.2, 0) is 4.79 Å². The molecule has 0 fully saturated rings. The molecule has 88 valence electrons. The van der Waals surface area contributed by atoms with Gasteiger partial charge in [0.1, 0.15) is 6.04 Å². The van der Waals surface area contributed by atoms with Crippen LogP contribution >= 0.6 is 0 Å². The van der Waals surface area contributed by atoms with E-state index in [0.29, 0.717) is 6.54 Å². The largest absolute Gasteiger partial charge is 0.353 e. The van der Waals surface area contributed by atoms with E-state index in [1.54, 1.807) is 0 Å². The van der Waals surface area contributed by atoms with Gasteiger partial charge in [-0.25, -0.2) is 0 Å². The summed E-state index contributed by atoms with van der Waals surface area (Å²) < 4.78 is 0. The minimum Gasteiger partial charge on any atom is -0.353 e. The molecule has 1 rings (SSSR count). The Labute approximate surface area is 96.4 Å². The summed E-state index contributed by atoms with van der Waals surface area (Å²) in [6, 6.07) is 8.79. The maximum absolute atomic E-state index is 11.7. The molecule has 16 heavy (non-hydrogen) atoms. The van der Waals surface area contributed by atoms with Gasteiger partial charge in [-0.1, -0.05) is 30.3 Å². The molecule has 0 bridgehead atoms. The Morgan fingerprint density at radius 3 is 2.56 bits per heavy atom. The number of likely N-dealkylation sites (N-methyl/N-ethyl adjacent to an activating group) is 1. The van der Waals surface area contributed by atoms with Crippen molar-refractivity contribution in [1.29, 1.82) is 0 Å². The highest BCUT2D eigenvalue weighted by Crippen LogP contribution is 2.08. The fourth-order valence-corrected chi connectivity index (χ4v) is 1.32. The smallest absolute Gasteiger partial charge is 0.241 e. The first-order valence-electron chi connectivity index (χ1n) is 5.34. The van der Waals surface area contributed by atoms with Gasteiger partial charge in [-0.15, -0.1) is 0 Å². The molecule has 0 radical (unpaired) electrons. The van der Waals surface area contributed by atoms with Crippen LogP contribution in [0.5, 0.6) is 0 Å². The van der Waals surface area contributed by atoms with E-state index in [1.807, 2.05) is 49.3 Å². The van der Waals surface area contributed by atoms with Crippen molar-refractivity contribution in [2.45, 2.75) is 6.04 Å². The Hall–Kier alpha value is -1.39. The number of rotatable bonds is 5. The van der Waals surface area contributed by atoms with Gasteiger partial charge in [-0.2, -0.15) is 0 Å². The third-order valence-electron chi connectivity index (χ3n) is 2.30. The van der Waals surface area contributed by atoms with Crippen LogP contribution in [0.2, 0.25) is 0 Å². The Kier molecular flexibility index (Phi) is 4.95. The monoisotopic (exact) mass is 221 g/mol. The topological polar surface area (TPSA) is 58.4 Å². The molecule has 0 aromatic heterocycles. The van der Waals surface area contributed by atoms with Crippen molar-refractivity contribution < 1.29 is 4.79 Å². The van der Waals surface area contributed by atoms with Gasteiger partial charge in [-0.3, -0.25) is 4.79 Å². The highest BCUT2D eigenvalue weighted by molar-refractivity contribution is 5.82. The molecule has 3 N–H and O–H groups in total. The Morgan fingerprint density at radius 2 is 2.00 bits per heavy atom. The molecule has 0 aliphatic heterocycles. The van der Waals surface area contributed by atoms with Crippen LogP contribution in [0.15, 0.2) is 30.3 Å². The fraction of sp³-hybridized carbons (Fsp3) is 0.417. The summed E-state index contributed by atoms with van der Waals surface area (Å²) in [6.07, 6.45) is 0. The zero-order valence-electron chi connectivity index (χ0n) is 9.81. The predicted octanol–water partition coefficient (Wildman–Crippen LogP) is 0.364. The molecule has 1 atom stereocenters. The molecule has 1 amide bonds. The zero-order chi connectivity index (χ0) is 12.0. The third-order valence-corrected chi connectivity index (χ3v) is 2.30. The lowest BCUT2D eigenvalue weighted by Gasteiger charge is -2.14. The van der Waals surface area contributed by atoms with Crippen molar-refractivity contribution in [3.05, 3.63) is 35.9 Å². The molecular formula is C12H19N3O. The summed E-state index contributed by atoms with van der Waals surface area (Å²) in [7, 11) is 3.92. The normalized spacial score (nSPS) is 12.5. The molecule has 0 spiro atoms. The standard InChI is InChI=1S/C12H19N3O/c1-15(2)9-8-14-12(16)11(13)10-6-4-3-5-7-10/h3-7,11H,8-9,13H2,1-2H3,(H,14,16)/t11-/m1/s1. The SMILES string of the molecule is CN(C)CCNC(=O)[C@H](N)c1ccccc1. The lowest BCUT2D eigenvalue weighted by molar-refractivity contribution is -0.122. The Balaban J connectivity index is 2.43. The molecule has 0 aliphatic carbocycles. The highest BCUT2D eigenvalue weighted by atomic mass is 16.2. The minimum atomic E-state index is -0.580. The second kappa shape index (κ2) is 6.25. The van der Waals surface area contributed by atoms with Crippen LogP contribution in [0.3, 0.4) is 0 Å². The zero-order valence-corrected chi connectivity index (χ0v) is 9.81. The highest BCUT2D eigenvalue weighted by Gasteiger charge is 2.14. The van der Waals surface area contributed by atoms with E-state index in [-0.39, 0.29) is 5.91 Å². The molecule has 0 saturated carbocycles. The summed E-state index contributed by atoms with van der Waals surface area (Å²) in [6.45, 7) is 1.43. The first-order chi connectivity index (χ1) is 7.61. The molecule has 4 heteroatoms. The number of carbonyl (C=O) groups excluding carboxylic acids is 1. The number of benzene rings is 1. The summed E-state index contributed by atoms with van der Waals surface area (Å²) in [5.41, 5.74) is 6.67. The van der Waals surface area contributed by atoms with E-state index in [2.05, 4.69) is 5.32 Å². The van der Waals surface area contributed by atoms with Gasteiger partial charge in [0.2, 0.25) is 5.91 Å². The second-order valence-corrected chi connectivity index (χ2v) is 3.98. The lowest BCUT2D eigenvalue weighted by atomic mass is 10.1. The van der Waals surface area contributed by atoms with Gasteiger partial charge >= 0.3 is 0 Å². The molecule has 0 heterocycles. The van der Waals surface area contributed by atoms with E-state index in [9.17, 15) is 4.79 Å². The number of amides is 1. The van der Waals surface area contributed by atoms with Crippen LogP contribution in [-0.4, -0.2) is 38.0 Å². The van der Waals surface area contributed by atoms with Crippen molar-refractivity contribution >= 4 is 5.91 Å². The summed E-state index contributed by atoms with van der Waals surface area (Å²) in [4.78, 5) is 13.7. The summed E-state index contributed by atoms with van der Waals surface area (Å²) >= 11 is 0. The molecule has 0 aliphatic rings. The Bertz CT molecular complexity index is 324. The van der Waals surface area contributed by atoms with Crippen molar-refractivity contribution in [3.8, 4) is 0 Å².